The van der Waals surface area contributed by atoms with E-state index in [1.54, 1.807) is 5.56 Å². The predicted octanol–water partition coefficient (Wildman–Crippen LogP) is 3.00. The fourth-order valence-electron chi connectivity index (χ4n) is 3.05. The number of allylic oxidation sites excluding steroid dienone is 1. The van der Waals surface area contributed by atoms with Crippen LogP contribution in [0.4, 0.5) is 0 Å². The Morgan fingerprint density at radius 2 is 1.94 bits per heavy atom. The molecule has 1 aromatic carbocycles. The van der Waals surface area contributed by atoms with E-state index in [0.29, 0.717) is 4.22 Å². The van der Waals surface area contributed by atoms with Crippen LogP contribution >= 0.6 is 0 Å². The molecule has 98 valence electrons. The second kappa shape index (κ2) is 5.09. The third kappa shape index (κ3) is 2.88. The first-order chi connectivity index (χ1) is 8.36. The molecule has 0 bridgehead atoms. The van der Waals surface area contributed by atoms with Gasteiger partial charge in [0.25, 0.3) is 0 Å². The number of benzene rings is 1. The second-order valence-corrected chi connectivity index (χ2v) is 16.4. The first kappa shape index (κ1) is 14.3. The molecule has 2 atom stereocenters. The average Bonchev–Trinajstić information content (AvgIpc) is 2.71. The minimum atomic E-state index is -2.02. The standard InChI is InChI=1S/C9H7.C4H10N.CH5Si.CH3.Ti/c1-2-5-9-7-3-6-8(9)4-1;1-4(2,3)5;1-2;;/h1-7H;5H,1-3H3;1H2,2H3;1H3;/q;-1;;;+1. The third-order valence-electron chi connectivity index (χ3n) is 3.88. The maximum atomic E-state index is 4.04. The Morgan fingerprint density at radius 1 is 1.28 bits per heavy atom. The van der Waals surface area contributed by atoms with Crippen molar-refractivity contribution in [2.75, 3.05) is 0 Å². The SMILES string of the molecule is CC(C)(C)[NH][Ti]([CH3])([CH2][SiH3])[CH]1C=Cc2ccccc21. The molecule has 0 aromatic heterocycles. The summed E-state index contributed by atoms with van der Waals surface area (Å²) in [4.78, 5) is 0. The fraction of sp³-hybridized carbons (Fsp3) is 0.467. The second-order valence-electron chi connectivity index (χ2n) is 6.61. The number of nitrogens with one attached hydrogen (secondary N) is 1. The molecule has 2 unspecified atom stereocenters. The van der Waals surface area contributed by atoms with E-state index >= 15 is 0 Å². The Kier molecular flexibility index (Phi) is 4.03. The van der Waals surface area contributed by atoms with Gasteiger partial charge in [0.1, 0.15) is 0 Å². The summed E-state index contributed by atoms with van der Waals surface area (Å²) in [6.45, 7) is 6.91. The molecule has 0 radical (unpaired) electrons. The van der Waals surface area contributed by atoms with Gasteiger partial charge in [0.2, 0.25) is 0 Å². The van der Waals surface area contributed by atoms with Crippen LogP contribution in [0.2, 0.25) is 9.58 Å². The van der Waals surface area contributed by atoms with Crippen LogP contribution in [-0.4, -0.2) is 15.8 Å². The monoisotopic (exact) mass is 295 g/mol. The summed E-state index contributed by atoms with van der Waals surface area (Å²) in [5.74, 6) is 0. The van der Waals surface area contributed by atoms with Gasteiger partial charge in [-0.25, -0.2) is 0 Å². The van der Waals surface area contributed by atoms with Crippen molar-refractivity contribution >= 4 is 16.3 Å². The summed E-state index contributed by atoms with van der Waals surface area (Å²) in [5.41, 5.74) is 3.24. The summed E-state index contributed by atoms with van der Waals surface area (Å²) < 4.78 is 6.17. The van der Waals surface area contributed by atoms with Gasteiger partial charge >= 0.3 is 119 Å². The van der Waals surface area contributed by atoms with Crippen molar-refractivity contribution in [3.8, 4) is 0 Å². The summed E-state index contributed by atoms with van der Waals surface area (Å²) in [6.07, 6.45) is 4.78. The predicted molar refractivity (Wildman–Crippen MR) is 81.7 cm³/mol. The van der Waals surface area contributed by atoms with Crippen LogP contribution in [-0.2, 0) is 16.8 Å². The summed E-state index contributed by atoms with van der Waals surface area (Å²) in [6, 6.07) is 8.91. The number of fused-ring (bicyclic) bond motifs is 1. The molecule has 18 heavy (non-hydrogen) atoms. The van der Waals surface area contributed by atoms with Crippen molar-refractivity contribution < 1.29 is 16.8 Å². The molecule has 0 saturated carbocycles. The van der Waals surface area contributed by atoms with E-state index in [1.807, 2.05) is 0 Å². The molecule has 0 heterocycles. The molecule has 0 fully saturated rings. The summed E-state index contributed by atoms with van der Waals surface area (Å²) in [7, 11) is 1.30. The average molecular weight is 295 g/mol. The summed E-state index contributed by atoms with van der Waals surface area (Å²) in [5, 5.41) is 2.56. The normalized spacial score (nSPS) is 21.9. The quantitative estimate of drug-likeness (QED) is 0.845. The maximum absolute atomic E-state index is 4.04. The van der Waals surface area contributed by atoms with Crippen molar-refractivity contribution in [2.45, 2.75) is 40.1 Å². The van der Waals surface area contributed by atoms with E-state index in [9.17, 15) is 0 Å². The molecule has 1 N–H and O–H groups in total. The van der Waals surface area contributed by atoms with E-state index < -0.39 is 16.8 Å². The number of hydrogen-bond donors (Lipinski definition) is 1. The van der Waals surface area contributed by atoms with E-state index in [-0.39, 0.29) is 5.54 Å². The summed E-state index contributed by atoms with van der Waals surface area (Å²) >= 11 is -2.02. The minimum absolute atomic E-state index is 0.241. The molecule has 1 aliphatic carbocycles. The molecule has 1 aliphatic rings. The zero-order valence-electron chi connectivity index (χ0n) is 12.2. The van der Waals surface area contributed by atoms with Crippen LogP contribution in [0.15, 0.2) is 30.3 Å². The van der Waals surface area contributed by atoms with Gasteiger partial charge in [-0.05, 0) is 0 Å². The van der Waals surface area contributed by atoms with Gasteiger partial charge in [0.15, 0.2) is 0 Å². The van der Waals surface area contributed by atoms with Gasteiger partial charge in [-0.2, -0.15) is 0 Å². The van der Waals surface area contributed by atoms with Crippen LogP contribution in [0.3, 0.4) is 0 Å². The zero-order valence-corrected chi connectivity index (χ0v) is 15.8. The number of rotatable bonds is 3. The van der Waals surface area contributed by atoms with Gasteiger partial charge in [-0.1, -0.05) is 0 Å². The first-order valence-corrected chi connectivity index (χ1v) is 12.7. The molecule has 0 spiro atoms. The van der Waals surface area contributed by atoms with E-state index in [0.717, 1.165) is 0 Å². The van der Waals surface area contributed by atoms with Crippen molar-refractivity contribution in [3.05, 3.63) is 41.5 Å². The fourth-order valence-corrected chi connectivity index (χ4v) is 11.8. The van der Waals surface area contributed by atoms with E-state index in [1.165, 1.54) is 20.2 Å². The van der Waals surface area contributed by atoms with Crippen molar-refractivity contribution in [1.29, 1.82) is 0 Å². The van der Waals surface area contributed by atoms with Crippen molar-refractivity contribution in [3.63, 3.8) is 0 Å². The van der Waals surface area contributed by atoms with E-state index in [2.05, 4.69) is 66.2 Å². The van der Waals surface area contributed by atoms with Crippen LogP contribution in [0, 0.1) is 0 Å². The Bertz CT molecular complexity index is 464. The molecule has 1 aromatic rings. The van der Waals surface area contributed by atoms with Gasteiger partial charge in [-0.15, -0.1) is 0 Å². The van der Waals surface area contributed by atoms with E-state index in [4.69, 9.17) is 0 Å². The van der Waals surface area contributed by atoms with Gasteiger partial charge in [0, 0.05) is 0 Å². The molecule has 1 nitrogen and oxygen atoms in total. The molecule has 0 aliphatic heterocycles. The Balaban J connectivity index is 2.33. The van der Waals surface area contributed by atoms with Crippen molar-refractivity contribution in [2.24, 2.45) is 0 Å². The van der Waals surface area contributed by atoms with Crippen LogP contribution in [0.25, 0.3) is 6.08 Å². The van der Waals surface area contributed by atoms with Crippen LogP contribution in [0.5, 0.6) is 0 Å². The third-order valence-corrected chi connectivity index (χ3v) is 17.2. The van der Waals surface area contributed by atoms with Crippen molar-refractivity contribution in [1.82, 2.24) is 3.80 Å². The van der Waals surface area contributed by atoms with Gasteiger partial charge in [-0.3, -0.25) is 0 Å². The molecular formula is C15H25NSiTi. The molecule has 2 rings (SSSR count). The Labute approximate surface area is 118 Å². The topological polar surface area (TPSA) is 12.0 Å². The Hall–Kier alpha value is -0.149. The van der Waals surface area contributed by atoms with Crippen LogP contribution < -0.4 is 3.80 Å². The molecular weight excluding hydrogens is 270 g/mol. The van der Waals surface area contributed by atoms with Gasteiger partial charge < -0.3 is 0 Å². The Morgan fingerprint density at radius 3 is 2.56 bits per heavy atom. The molecule has 3 heteroatoms. The van der Waals surface area contributed by atoms with Gasteiger partial charge in [0.05, 0.1) is 0 Å². The molecule has 0 saturated heterocycles. The first-order valence-electron chi connectivity index (χ1n) is 6.92. The molecule has 0 amide bonds. The number of hydrogen-bond acceptors (Lipinski definition) is 1. The van der Waals surface area contributed by atoms with Crippen LogP contribution in [0.1, 0.15) is 36.1 Å². The zero-order chi connectivity index (χ0) is 13.4.